The van der Waals surface area contributed by atoms with Crippen LogP contribution in [0.2, 0.25) is 0 Å². The summed E-state index contributed by atoms with van der Waals surface area (Å²) in [6, 6.07) is 7.03. The van der Waals surface area contributed by atoms with Gasteiger partial charge in [-0.3, -0.25) is 4.79 Å². The van der Waals surface area contributed by atoms with Crippen molar-refractivity contribution in [2.75, 3.05) is 13.1 Å². The zero-order valence-electron chi connectivity index (χ0n) is 10.1. The molecule has 0 radical (unpaired) electrons. The molecule has 1 aromatic carbocycles. The molecule has 0 spiro atoms. The van der Waals surface area contributed by atoms with Crippen LogP contribution in [0.1, 0.15) is 12.0 Å². The molecule has 4 nitrogen and oxygen atoms in total. The Labute approximate surface area is 118 Å². The van der Waals surface area contributed by atoms with E-state index in [9.17, 15) is 9.18 Å². The number of carbonyl (C=O) groups excluding carboxylic acids is 1. The van der Waals surface area contributed by atoms with Crippen LogP contribution in [0.25, 0.3) is 0 Å². The van der Waals surface area contributed by atoms with Gasteiger partial charge in [-0.15, -0.1) is 0 Å². The number of hydrogen-bond donors (Lipinski definition) is 0. The van der Waals surface area contributed by atoms with Crippen molar-refractivity contribution in [1.29, 1.82) is 5.26 Å². The van der Waals surface area contributed by atoms with E-state index >= 15 is 0 Å². The van der Waals surface area contributed by atoms with E-state index < -0.39 is 12.3 Å². The first-order chi connectivity index (χ1) is 9.13. The fraction of sp³-hybridized carbons (Fsp3) is 0.385. The molecule has 6 heteroatoms. The summed E-state index contributed by atoms with van der Waals surface area (Å²) < 4.78 is 20.2. The number of rotatable bonds is 3. The largest absolute Gasteiger partial charge is 0.486 e. The van der Waals surface area contributed by atoms with E-state index in [2.05, 4.69) is 15.9 Å². The van der Waals surface area contributed by atoms with Crippen LogP contribution in [0.3, 0.4) is 0 Å². The summed E-state index contributed by atoms with van der Waals surface area (Å²) in [6.45, 7) is 0.500. The molecular weight excluding hydrogens is 315 g/mol. The van der Waals surface area contributed by atoms with Gasteiger partial charge in [0.15, 0.2) is 6.17 Å². The Morgan fingerprint density at radius 1 is 1.58 bits per heavy atom. The normalized spacial score (nSPS) is 22.7. The van der Waals surface area contributed by atoms with E-state index in [1.807, 2.05) is 6.07 Å². The molecule has 100 valence electrons. The molecule has 1 unspecified atom stereocenters. The highest BCUT2D eigenvalue weighted by molar-refractivity contribution is 9.10. The highest BCUT2D eigenvalue weighted by atomic mass is 79.9. The van der Waals surface area contributed by atoms with Crippen LogP contribution in [0.15, 0.2) is 22.7 Å². The minimum atomic E-state index is -1.24. The summed E-state index contributed by atoms with van der Waals surface area (Å²) in [7, 11) is 0. The zero-order valence-corrected chi connectivity index (χ0v) is 11.6. The average Bonchev–Trinajstić information content (AvgIpc) is 2.42. The van der Waals surface area contributed by atoms with Crippen LogP contribution in [0.5, 0.6) is 5.75 Å². The van der Waals surface area contributed by atoms with Crippen molar-refractivity contribution in [3.8, 4) is 11.8 Å². The van der Waals surface area contributed by atoms with Gasteiger partial charge in [0, 0.05) is 17.4 Å². The van der Waals surface area contributed by atoms with Crippen molar-refractivity contribution in [2.24, 2.45) is 0 Å². The standard InChI is InChI=1S/C13H12BrFN2O2/c14-10-1-2-12(9(5-10)6-16)19-13-3-4-17(8-18)7-11(13)15/h1-2,5,8,11,13H,3-4,7H2/t11-,13?/m0/s1. The predicted octanol–water partition coefficient (Wildman–Crippen LogP) is 2.27. The van der Waals surface area contributed by atoms with Gasteiger partial charge >= 0.3 is 0 Å². The Balaban J connectivity index is 2.10. The van der Waals surface area contributed by atoms with Gasteiger partial charge in [-0.05, 0) is 18.2 Å². The molecule has 2 atom stereocenters. The van der Waals surface area contributed by atoms with Crippen LogP contribution in [0, 0.1) is 11.3 Å². The first kappa shape index (κ1) is 13.8. The van der Waals surface area contributed by atoms with Gasteiger partial charge in [-0.2, -0.15) is 5.26 Å². The highest BCUT2D eigenvalue weighted by Gasteiger charge is 2.30. The molecule has 2 rings (SSSR count). The van der Waals surface area contributed by atoms with E-state index in [1.54, 1.807) is 18.2 Å². The summed E-state index contributed by atoms with van der Waals surface area (Å²) in [6.07, 6.45) is -0.803. The lowest BCUT2D eigenvalue weighted by Gasteiger charge is -2.32. The van der Waals surface area contributed by atoms with Gasteiger partial charge in [0.05, 0.1) is 12.1 Å². The molecule has 1 aliphatic heterocycles. The van der Waals surface area contributed by atoms with Crippen LogP contribution in [0.4, 0.5) is 4.39 Å². The molecule has 0 N–H and O–H groups in total. The van der Waals surface area contributed by atoms with Crippen molar-refractivity contribution in [1.82, 2.24) is 4.90 Å². The predicted molar refractivity (Wildman–Crippen MR) is 70.4 cm³/mol. The number of ether oxygens (including phenoxy) is 1. The second-order valence-corrected chi connectivity index (χ2v) is 5.23. The lowest BCUT2D eigenvalue weighted by Crippen LogP contribution is -2.46. The van der Waals surface area contributed by atoms with Crippen molar-refractivity contribution in [3.05, 3.63) is 28.2 Å². The molecule has 0 bridgehead atoms. The lowest BCUT2D eigenvalue weighted by atomic mass is 10.1. The monoisotopic (exact) mass is 326 g/mol. The number of nitrogens with zero attached hydrogens (tertiary/aromatic N) is 2. The van der Waals surface area contributed by atoms with Gasteiger partial charge < -0.3 is 9.64 Å². The Bertz CT molecular complexity index is 518. The number of likely N-dealkylation sites (tertiary alicyclic amines) is 1. The average molecular weight is 327 g/mol. The molecule has 19 heavy (non-hydrogen) atoms. The van der Waals surface area contributed by atoms with E-state index in [0.29, 0.717) is 30.7 Å². The van der Waals surface area contributed by atoms with Crippen LogP contribution >= 0.6 is 15.9 Å². The van der Waals surface area contributed by atoms with Gasteiger partial charge in [-0.1, -0.05) is 15.9 Å². The number of amides is 1. The highest BCUT2D eigenvalue weighted by Crippen LogP contribution is 2.26. The number of nitriles is 1. The number of halogens is 2. The molecule has 1 aliphatic rings. The SMILES string of the molecule is N#Cc1cc(Br)ccc1OC1CCN(C=O)C[C@@H]1F. The Morgan fingerprint density at radius 2 is 2.37 bits per heavy atom. The Morgan fingerprint density at radius 3 is 3.00 bits per heavy atom. The maximum absolute atomic E-state index is 13.9. The van der Waals surface area contributed by atoms with Crippen molar-refractivity contribution in [2.45, 2.75) is 18.7 Å². The number of piperidine rings is 1. The summed E-state index contributed by atoms with van der Waals surface area (Å²) in [5.74, 6) is 0.373. The molecule has 1 fully saturated rings. The van der Waals surface area contributed by atoms with Gasteiger partial charge in [0.2, 0.25) is 6.41 Å². The molecular formula is C13H12BrFN2O2. The molecule has 1 saturated heterocycles. The van der Waals surface area contributed by atoms with Crippen molar-refractivity contribution >= 4 is 22.3 Å². The molecule has 0 saturated carbocycles. The van der Waals surface area contributed by atoms with E-state index in [-0.39, 0.29) is 6.54 Å². The lowest BCUT2D eigenvalue weighted by molar-refractivity contribution is -0.121. The smallest absolute Gasteiger partial charge is 0.209 e. The summed E-state index contributed by atoms with van der Waals surface area (Å²) in [5.41, 5.74) is 0.361. The zero-order chi connectivity index (χ0) is 13.8. The summed E-state index contributed by atoms with van der Waals surface area (Å²) in [5, 5.41) is 9.02. The molecule has 0 aromatic heterocycles. The van der Waals surface area contributed by atoms with Gasteiger partial charge in [-0.25, -0.2) is 4.39 Å². The minimum absolute atomic E-state index is 0.0343. The molecule has 1 amide bonds. The third kappa shape index (κ3) is 3.24. The van der Waals surface area contributed by atoms with Crippen LogP contribution < -0.4 is 4.74 Å². The van der Waals surface area contributed by atoms with Crippen molar-refractivity contribution < 1.29 is 13.9 Å². The fourth-order valence-electron chi connectivity index (χ4n) is 1.99. The second kappa shape index (κ2) is 6.02. The van der Waals surface area contributed by atoms with E-state index in [0.717, 1.165) is 4.47 Å². The van der Waals surface area contributed by atoms with Crippen molar-refractivity contribution in [3.63, 3.8) is 0 Å². The summed E-state index contributed by atoms with van der Waals surface area (Å²) in [4.78, 5) is 12.0. The molecule has 0 aliphatic carbocycles. The number of benzene rings is 1. The second-order valence-electron chi connectivity index (χ2n) is 4.31. The van der Waals surface area contributed by atoms with Crippen LogP contribution in [-0.2, 0) is 4.79 Å². The molecule has 1 aromatic rings. The first-order valence-electron chi connectivity index (χ1n) is 5.83. The molecule has 1 heterocycles. The van der Waals surface area contributed by atoms with E-state index in [1.165, 1.54) is 4.90 Å². The quantitative estimate of drug-likeness (QED) is 0.801. The minimum Gasteiger partial charge on any atom is -0.486 e. The fourth-order valence-corrected chi connectivity index (χ4v) is 2.35. The maximum Gasteiger partial charge on any atom is 0.209 e. The van der Waals surface area contributed by atoms with Gasteiger partial charge in [0.1, 0.15) is 17.9 Å². The topological polar surface area (TPSA) is 53.3 Å². The third-order valence-electron chi connectivity index (χ3n) is 3.00. The van der Waals surface area contributed by atoms with Gasteiger partial charge in [0.25, 0.3) is 0 Å². The van der Waals surface area contributed by atoms with Crippen LogP contribution in [-0.4, -0.2) is 36.7 Å². The van der Waals surface area contributed by atoms with E-state index in [4.69, 9.17) is 10.00 Å². The Kier molecular flexibility index (Phi) is 4.38. The Hall–Kier alpha value is -1.61. The number of hydrogen-bond acceptors (Lipinski definition) is 3. The first-order valence-corrected chi connectivity index (χ1v) is 6.63. The third-order valence-corrected chi connectivity index (χ3v) is 3.50. The number of carbonyl (C=O) groups is 1. The number of alkyl halides is 1. The maximum atomic E-state index is 13.9. The summed E-state index contributed by atoms with van der Waals surface area (Å²) >= 11 is 3.27.